The van der Waals surface area contributed by atoms with Crippen molar-refractivity contribution in [3.8, 4) is 5.75 Å². The van der Waals surface area contributed by atoms with Gasteiger partial charge in [-0.15, -0.1) is 0 Å². The predicted molar refractivity (Wildman–Crippen MR) is 73.7 cm³/mol. The Morgan fingerprint density at radius 2 is 2.15 bits per heavy atom. The zero-order chi connectivity index (χ0) is 15.1. The van der Waals surface area contributed by atoms with Crippen molar-refractivity contribution in [2.75, 3.05) is 13.7 Å². The van der Waals surface area contributed by atoms with Gasteiger partial charge in [0.05, 0.1) is 12.0 Å². The molecule has 1 aromatic carbocycles. The number of hydrogen-bond acceptors (Lipinski definition) is 5. The molecule has 6 heteroatoms. The fraction of sp³-hybridized carbons (Fsp3) is 0.357. The molecule has 0 bridgehead atoms. The van der Waals surface area contributed by atoms with E-state index < -0.39 is 4.92 Å². The quantitative estimate of drug-likeness (QED) is 0.346. The molecule has 0 aromatic heterocycles. The highest BCUT2D eigenvalue weighted by Gasteiger charge is 2.09. The average Bonchev–Trinajstić information content (AvgIpc) is 2.44. The van der Waals surface area contributed by atoms with Crippen LogP contribution in [0.1, 0.15) is 18.9 Å². The number of hydrogen-bond donors (Lipinski definition) is 0. The molecule has 0 saturated heterocycles. The van der Waals surface area contributed by atoms with Crippen LogP contribution in [0.15, 0.2) is 29.8 Å². The summed E-state index contributed by atoms with van der Waals surface area (Å²) < 4.78 is 10.1. The highest BCUT2D eigenvalue weighted by molar-refractivity contribution is 5.88. The molecule has 0 unspecified atom stereocenters. The highest BCUT2D eigenvalue weighted by Crippen LogP contribution is 2.23. The number of nitro benzene ring substituents is 1. The van der Waals surface area contributed by atoms with Gasteiger partial charge < -0.3 is 9.47 Å². The van der Waals surface area contributed by atoms with Crippen molar-refractivity contribution in [1.82, 2.24) is 0 Å². The summed E-state index contributed by atoms with van der Waals surface area (Å²) in [6.07, 6.45) is 2.20. The van der Waals surface area contributed by atoms with E-state index in [0.29, 0.717) is 23.3 Å². The molecule has 0 N–H and O–H groups in total. The molecule has 0 amide bonds. The van der Waals surface area contributed by atoms with Crippen LogP contribution in [0.3, 0.4) is 0 Å². The van der Waals surface area contributed by atoms with Gasteiger partial charge in [-0.3, -0.25) is 10.1 Å². The van der Waals surface area contributed by atoms with Crippen LogP contribution in [-0.2, 0) is 9.53 Å². The molecule has 1 rings (SSSR count). The van der Waals surface area contributed by atoms with Crippen LogP contribution in [0.4, 0.5) is 5.69 Å². The maximum absolute atomic E-state index is 11.4. The van der Waals surface area contributed by atoms with Gasteiger partial charge in [-0.2, -0.15) is 0 Å². The van der Waals surface area contributed by atoms with Gasteiger partial charge in [-0.1, -0.05) is 6.92 Å². The van der Waals surface area contributed by atoms with Gasteiger partial charge in [0.1, 0.15) is 12.4 Å². The summed E-state index contributed by atoms with van der Waals surface area (Å²) in [5, 5.41) is 10.6. The van der Waals surface area contributed by atoms with E-state index in [1.165, 1.54) is 19.2 Å². The summed E-state index contributed by atoms with van der Waals surface area (Å²) in [6, 6.07) is 4.37. The third kappa shape index (κ3) is 4.08. The van der Waals surface area contributed by atoms with E-state index in [4.69, 9.17) is 4.74 Å². The second-order valence-electron chi connectivity index (χ2n) is 4.09. The van der Waals surface area contributed by atoms with Gasteiger partial charge >= 0.3 is 5.97 Å². The minimum Gasteiger partial charge on any atom is -0.489 e. The van der Waals surface area contributed by atoms with Gasteiger partial charge in [0.2, 0.25) is 0 Å². The van der Waals surface area contributed by atoms with Crippen molar-refractivity contribution < 1.29 is 19.2 Å². The lowest BCUT2D eigenvalue weighted by atomic mass is 10.2. The second kappa shape index (κ2) is 7.28. The Labute approximate surface area is 117 Å². The molecule has 0 aliphatic rings. The number of carbonyl (C=O) groups is 1. The number of nitro groups is 1. The number of ether oxygens (including phenoxy) is 2. The fourth-order valence-electron chi connectivity index (χ4n) is 1.64. The Kier molecular flexibility index (Phi) is 5.71. The first kappa shape index (κ1) is 15.7. The summed E-state index contributed by atoms with van der Waals surface area (Å²) in [6.45, 7) is 3.78. The van der Waals surface area contributed by atoms with E-state index in [-0.39, 0.29) is 18.3 Å². The number of methoxy groups -OCH3 is 1. The van der Waals surface area contributed by atoms with Gasteiger partial charge in [-0.05, 0) is 31.1 Å². The second-order valence-corrected chi connectivity index (χ2v) is 4.09. The lowest BCUT2D eigenvalue weighted by molar-refractivity contribution is -0.384. The van der Waals surface area contributed by atoms with Crippen molar-refractivity contribution >= 4 is 11.7 Å². The predicted octanol–water partition coefficient (Wildman–Crippen LogP) is 2.79. The van der Waals surface area contributed by atoms with E-state index in [2.05, 4.69) is 4.74 Å². The van der Waals surface area contributed by atoms with Crippen molar-refractivity contribution in [3.63, 3.8) is 0 Å². The van der Waals surface area contributed by atoms with Crippen LogP contribution >= 0.6 is 0 Å². The fourth-order valence-corrected chi connectivity index (χ4v) is 1.64. The van der Waals surface area contributed by atoms with Crippen molar-refractivity contribution in [3.05, 3.63) is 45.5 Å². The Bertz CT molecular complexity index is 536. The Morgan fingerprint density at radius 1 is 1.45 bits per heavy atom. The van der Waals surface area contributed by atoms with Crippen molar-refractivity contribution in [2.24, 2.45) is 0 Å². The molecular weight excluding hydrogens is 262 g/mol. The smallest absolute Gasteiger partial charge is 0.333 e. The number of non-ortho nitro benzene ring substituents is 1. The van der Waals surface area contributed by atoms with Crippen LogP contribution in [0.25, 0.3) is 0 Å². The first-order valence-electron chi connectivity index (χ1n) is 6.14. The molecule has 0 heterocycles. The molecule has 0 fully saturated rings. The lowest BCUT2D eigenvalue weighted by Crippen LogP contribution is -2.06. The maximum Gasteiger partial charge on any atom is 0.333 e. The van der Waals surface area contributed by atoms with E-state index >= 15 is 0 Å². The number of esters is 1. The molecule has 1 aromatic rings. The van der Waals surface area contributed by atoms with Crippen molar-refractivity contribution in [2.45, 2.75) is 20.3 Å². The highest BCUT2D eigenvalue weighted by atomic mass is 16.6. The van der Waals surface area contributed by atoms with E-state index in [1.54, 1.807) is 19.1 Å². The van der Waals surface area contributed by atoms with Crippen LogP contribution in [0.5, 0.6) is 5.75 Å². The average molecular weight is 279 g/mol. The lowest BCUT2D eigenvalue weighted by Gasteiger charge is -2.07. The largest absolute Gasteiger partial charge is 0.489 e. The van der Waals surface area contributed by atoms with E-state index in [9.17, 15) is 14.9 Å². The third-order valence-corrected chi connectivity index (χ3v) is 2.77. The van der Waals surface area contributed by atoms with Crippen LogP contribution < -0.4 is 4.74 Å². The molecule has 20 heavy (non-hydrogen) atoms. The Morgan fingerprint density at radius 3 is 2.65 bits per heavy atom. The molecule has 108 valence electrons. The van der Waals surface area contributed by atoms with Crippen LogP contribution in [0.2, 0.25) is 0 Å². The molecule has 6 nitrogen and oxygen atoms in total. The van der Waals surface area contributed by atoms with Gasteiger partial charge in [0.15, 0.2) is 0 Å². The number of nitrogens with zero attached hydrogens (tertiary/aromatic N) is 1. The van der Waals surface area contributed by atoms with Crippen molar-refractivity contribution in [1.29, 1.82) is 0 Å². The molecule has 0 spiro atoms. The first-order chi connectivity index (χ1) is 9.49. The summed E-state index contributed by atoms with van der Waals surface area (Å²) in [5.41, 5.74) is 1.23. The number of rotatable bonds is 6. The molecule has 0 atom stereocenters. The SMILES string of the molecule is CC/C(=C/COc1ccc([N+](=O)[O-])cc1C)C(=O)OC. The zero-order valence-electron chi connectivity index (χ0n) is 11.7. The minimum atomic E-state index is -0.455. The summed E-state index contributed by atoms with van der Waals surface area (Å²) in [5.74, 6) is 0.170. The minimum absolute atomic E-state index is 0.0224. The van der Waals surface area contributed by atoms with Gasteiger partial charge in [0, 0.05) is 17.7 Å². The van der Waals surface area contributed by atoms with Crippen LogP contribution in [0, 0.1) is 17.0 Å². The standard InChI is InChI=1S/C14H17NO5/c1-4-11(14(16)19-3)7-8-20-13-6-5-12(15(17)18)9-10(13)2/h5-7,9H,4,8H2,1-3H3/b11-7-. The zero-order valence-corrected chi connectivity index (χ0v) is 11.7. The van der Waals surface area contributed by atoms with Gasteiger partial charge in [0.25, 0.3) is 5.69 Å². The molecule has 0 radical (unpaired) electrons. The third-order valence-electron chi connectivity index (χ3n) is 2.77. The first-order valence-corrected chi connectivity index (χ1v) is 6.14. The van der Waals surface area contributed by atoms with E-state index in [1.807, 2.05) is 6.92 Å². The number of benzene rings is 1. The molecule has 0 aliphatic carbocycles. The molecular formula is C14H17NO5. The Balaban J connectivity index is 2.73. The topological polar surface area (TPSA) is 78.7 Å². The normalized spacial score (nSPS) is 11.1. The maximum atomic E-state index is 11.4. The van der Waals surface area contributed by atoms with Crippen LogP contribution in [-0.4, -0.2) is 24.6 Å². The summed E-state index contributed by atoms with van der Waals surface area (Å²) in [4.78, 5) is 21.5. The number of carbonyl (C=O) groups excluding carboxylic acids is 1. The summed E-state index contributed by atoms with van der Waals surface area (Å²) in [7, 11) is 1.33. The number of aryl methyl sites for hydroxylation is 1. The monoisotopic (exact) mass is 279 g/mol. The van der Waals surface area contributed by atoms with Gasteiger partial charge in [-0.25, -0.2) is 4.79 Å². The Hall–Kier alpha value is -2.37. The molecule has 0 aliphatic heterocycles. The van der Waals surface area contributed by atoms with E-state index in [0.717, 1.165) is 0 Å². The summed E-state index contributed by atoms with van der Waals surface area (Å²) >= 11 is 0. The molecule has 0 saturated carbocycles.